The number of nitrogens with two attached hydrogens (primary N) is 1. The minimum atomic E-state index is -0.397. The number of rotatable bonds is 7. The highest BCUT2D eigenvalue weighted by molar-refractivity contribution is 7.96. The first kappa shape index (κ1) is 19.3. The molecule has 1 aromatic heterocycles. The Hall–Kier alpha value is -2.48. The van der Waals surface area contributed by atoms with Crippen molar-refractivity contribution in [3.63, 3.8) is 0 Å². The van der Waals surface area contributed by atoms with E-state index >= 15 is 0 Å². The van der Waals surface area contributed by atoms with Crippen LogP contribution >= 0.6 is 11.9 Å². The van der Waals surface area contributed by atoms with Crippen molar-refractivity contribution in [1.82, 2.24) is 14.7 Å². The zero-order valence-corrected chi connectivity index (χ0v) is 15.7. The third-order valence-corrected chi connectivity index (χ3v) is 4.78. The molecule has 140 valence electrons. The minimum Gasteiger partial charge on any atom is -0.392 e. The molecule has 0 bridgehead atoms. The number of aliphatic hydroxyl groups is 1. The lowest BCUT2D eigenvalue weighted by Gasteiger charge is -2.12. The summed E-state index contributed by atoms with van der Waals surface area (Å²) in [5, 5.41) is 9.31. The van der Waals surface area contributed by atoms with Crippen molar-refractivity contribution in [3.05, 3.63) is 66.2 Å². The van der Waals surface area contributed by atoms with Gasteiger partial charge in [0.1, 0.15) is 11.6 Å². The van der Waals surface area contributed by atoms with Gasteiger partial charge in [-0.15, -0.1) is 0 Å². The highest BCUT2D eigenvalue weighted by atomic mass is 32.2. The maximum absolute atomic E-state index is 14.7. The fourth-order valence-electron chi connectivity index (χ4n) is 2.60. The Balaban J connectivity index is 1.82. The van der Waals surface area contributed by atoms with Gasteiger partial charge in [0.05, 0.1) is 24.2 Å². The second kappa shape index (κ2) is 8.94. The zero-order valence-electron chi connectivity index (χ0n) is 14.9. The first-order valence-electron chi connectivity index (χ1n) is 8.53. The van der Waals surface area contributed by atoms with E-state index in [0.29, 0.717) is 29.4 Å². The summed E-state index contributed by atoms with van der Waals surface area (Å²) in [5.41, 5.74) is 9.22. The summed E-state index contributed by atoms with van der Waals surface area (Å²) in [6, 6.07) is 13.0. The predicted octanol–water partition coefficient (Wildman–Crippen LogP) is 3.65. The van der Waals surface area contributed by atoms with Crippen LogP contribution in [0.25, 0.3) is 22.4 Å². The van der Waals surface area contributed by atoms with E-state index < -0.39 is 6.10 Å². The van der Waals surface area contributed by atoms with Gasteiger partial charge in [-0.05, 0) is 35.7 Å². The summed E-state index contributed by atoms with van der Waals surface area (Å²) >= 11 is 1.52. The Labute approximate surface area is 162 Å². The summed E-state index contributed by atoms with van der Waals surface area (Å²) in [6.07, 6.45) is 2.48. The summed E-state index contributed by atoms with van der Waals surface area (Å²) < 4.78 is 17.8. The van der Waals surface area contributed by atoms with Crippen LogP contribution in [0.1, 0.15) is 12.5 Å². The quantitative estimate of drug-likeness (QED) is 0.426. The van der Waals surface area contributed by atoms with Crippen molar-refractivity contribution in [1.29, 1.82) is 0 Å². The number of nitrogens with zero attached hydrogens (tertiary/aromatic N) is 2. The molecule has 0 saturated carbocycles. The van der Waals surface area contributed by atoms with Gasteiger partial charge in [-0.2, -0.15) is 0 Å². The first-order chi connectivity index (χ1) is 13.0. The van der Waals surface area contributed by atoms with Crippen LogP contribution in [0.15, 0.2) is 54.9 Å². The van der Waals surface area contributed by atoms with E-state index in [1.807, 2.05) is 30.3 Å². The fourth-order valence-corrected chi connectivity index (χ4v) is 3.47. The molecule has 0 aliphatic carbocycles. The van der Waals surface area contributed by atoms with Crippen LogP contribution in [0, 0.1) is 5.82 Å². The Morgan fingerprint density at radius 1 is 1.15 bits per heavy atom. The van der Waals surface area contributed by atoms with Crippen LogP contribution in [0.4, 0.5) is 10.2 Å². The number of aromatic nitrogens is 2. The van der Waals surface area contributed by atoms with Crippen molar-refractivity contribution in [2.75, 3.05) is 12.3 Å². The van der Waals surface area contributed by atoms with Crippen molar-refractivity contribution >= 4 is 17.8 Å². The van der Waals surface area contributed by atoms with E-state index in [-0.39, 0.29) is 5.82 Å². The lowest BCUT2D eigenvalue weighted by atomic mass is 9.98. The molecule has 3 rings (SSSR count). The standard InChI is InChI=1S/C20H21FN4OS/c1-13(26)9-25-27-12-15-4-2-3-5-16(15)14-6-7-17(18(21)8-14)19-10-24-20(22)11-23-19/h2-8,10-11,13,25-26H,9,12H2,1H3,(H2,22,24)/t13-/m1/s1. The minimum absolute atomic E-state index is 0.298. The zero-order chi connectivity index (χ0) is 19.2. The number of aliphatic hydroxyl groups excluding tert-OH is 1. The van der Waals surface area contributed by atoms with Gasteiger partial charge in [0.2, 0.25) is 0 Å². The Morgan fingerprint density at radius 2 is 1.96 bits per heavy atom. The summed E-state index contributed by atoms with van der Waals surface area (Å²) in [6.45, 7) is 2.25. The molecule has 0 spiro atoms. The van der Waals surface area contributed by atoms with E-state index in [4.69, 9.17) is 5.73 Å². The van der Waals surface area contributed by atoms with Gasteiger partial charge in [0.15, 0.2) is 0 Å². The Bertz CT molecular complexity index is 903. The fraction of sp³-hybridized carbons (Fsp3) is 0.200. The van der Waals surface area contributed by atoms with E-state index in [2.05, 4.69) is 14.7 Å². The van der Waals surface area contributed by atoms with Crippen LogP contribution in [0.3, 0.4) is 0 Å². The second-order valence-electron chi connectivity index (χ2n) is 6.16. The summed E-state index contributed by atoms with van der Waals surface area (Å²) in [4.78, 5) is 8.10. The van der Waals surface area contributed by atoms with E-state index in [1.165, 1.54) is 30.4 Å². The maximum Gasteiger partial charge on any atom is 0.141 e. The van der Waals surface area contributed by atoms with Crippen molar-refractivity contribution in [3.8, 4) is 22.4 Å². The molecule has 1 atom stereocenters. The molecule has 0 amide bonds. The molecule has 27 heavy (non-hydrogen) atoms. The second-order valence-corrected chi connectivity index (χ2v) is 7.03. The van der Waals surface area contributed by atoms with E-state index in [9.17, 15) is 9.50 Å². The van der Waals surface area contributed by atoms with Gasteiger partial charge >= 0.3 is 0 Å². The molecule has 0 unspecified atom stereocenters. The summed E-state index contributed by atoms with van der Waals surface area (Å²) in [5.74, 6) is 0.642. The molecule has 0 radical (unpaired) electrons. The number of halogens is 1. The van der Waals surface area contributed by atoms with Gasteiger partial charge in [-0.3, -0.25) is 9.71 Å². The van der Waals surface area contributed by atoms with Gasteiger partial charge in [0, 0.05) is 17.9 Å². The van der Waals surface area contributed by atoms with Crippen LogP contribution in [0.5, 0.6) is 0 Å². The molecule has 3 aromatic rings. The predicted molar refractivity (Wildman–Crippen MR) is 108 cm³/mol. The summed E-state index contributed by atoms with van der Waals surface area (Å²) in [7, 11) is 0. The lowest BCUT2D eigenvalue weighted by molar-refractivity contribution is 0.200. The largest absolute Gasteiger partial charge is 0.392 e. The lowest BCUT2D eigenvalue weighted by Crippen LogP contribution is -2.18. The van der Waals surface area contributed by atoms with Crippen molar-refractivity contribution in [2.24, 2.45) is 0 Å². The highest BCUT2D eigenvalue weighted by Gasteiger charge is 2.11. The van der Waals surface area contributed by atoms with Gasteiger partial charge < -0.3 is 10.8 Å². The van der Waals surface area contributed by atoms with Gasteiger partial charge in [-0.1, -0.05) is 42.3 Å². The van der Waals surface area contributed by atoms with Crippen LogP contribution in [-0.4, -0.2) is 27.7 Å². The molecule has 4 N–H and O–H groups in total. The van der Waals surface area contributed by atoms with Crippen LogP contribution in [-0.2, 0) is 5.75 Å². The average molecular weight is 384 g/mol. The number of benzene rings is 2. The molecule has 0 aliphatic heterocycles. The van der Waals surface area contributed by atoms with E-state index in [1.54, 1.807) is 13.0 Å². The Morgan fingerprint density at radius 3 is 2.67 bits per heavy atom. The SMILES string of the molecule is C[C@@H](O)CNSCc1ccccc1-c1ccc(-c2cnc(N)cn2)c(F)c1. The van der Waals surface area contributed by atoms with E-state index in [0.717, 1.165) is 16.7 Å². The molecule has 5 nitrogen and oxygen atoms in total. The van der Waals surface area contributed by atoms with Crippen LogP contribution in [0.2, 0.25) is 0 Å². The molecule has 1 heterocycles. The van der Waals surface area contributed by atoms with Crippen LogP contribution < -0.4 is 10.5 Å². The smallest absolute Gasteiger partial charge is 0.141 e. The third kappa shape index (κ3) is 5.03. The monoisotopic (exact) mass is 384 g/mol. The highest BCUT2D eigenvalue weighted by Crippen LogP contribution is 2.30. The number of anilines is 1. The van der Waals surface area contributed by atoms with Crippen molar-refractivity contribution in [2.45, 2.75) is 18.8 Å². The molecular weight excluding hydrogens is 363 g/mol. The van der Waals surface area contributed by atoms with Gasteiger partial charge in [-0.25, -0.2) is 9.37 Å². The molecule has 0 saturated heterocycles. The third-order valence-electron chi connectivity index (χ3n) is 3.95. The molecule has 0 fully saturated rings. The Kier molecular flexibility index (Phi) is 6.39. The number of nitrogen functional groups attached to an aromatic ring is 1. The normalized spacial score (nSPS) is 12.1. The number of hydrogen-bond donors (Lipinski definition) is 3. The number of nitrogens with one attached hydrogen (secondary N) is 1. The molecule has 7 heteroatoms. The molecular formula is C20H21FN4OS. The average Bonchev–Trinajstić information content (AvgIpc) is 2.66. The topological polar surface area (TPSA) is 84.1 Å². The van der Waals surface area contributed by atoms with Crippen molar-refractivity contribution < 1.29 is 9.50 Å². The maximum atomic E-state index is 14.7. The molecule has 0 aliphatic rings. The number of hydrogen-bond acceptors (Lipinski definition) is 6. The first-order valence-corrected chi connectivity index (χ1v) is 9.51. The van der Waals surface area contributed by atoms with Gasteiger partial charge in [0.25, 0.3) is 0 Å². The molecule has 2 aromatic carbocycles.